The van der Waals surface area contributed by atoms with Crippen LogP contribution < -0.4 is 14.4 Å². The van der Waals surface area contributed by atoms with E-state index in [0.29, 0.717) is 43.5 Å². The van der Waals surface area contributed by atoms with E-state index in [-0.39, 0.29) is 17.7 Å². The third-order valence-corrected chi connectivity index (χ3v) is 4.83. The van der Waals surface area contributed by atoms with Crippen molar-refractivity contribution < 1.29 is 19.2 Å². The minimum Gasteiger partial charge on any atom is -0.493 e. The first-order valence-electron chi connectivity index (χ1n) is 10.0. The summed E-state index contributed by atoms with van der Waals surface area (Å²) in [6, 6.07) is 8.62. The minimum absolute atomic E-state index is 0.0386. The molecule has 9 heteroatoms. The molecule has 1 aromatic heterocycles. The summed E-state index contributed by atoms with van der Waals surface area (Å²) in [5.74, 6) is 1.88. The van der Waals surface area contributed by atoms with Gasteiger partial charge in [0.1, 0.15) is 12.0 Å². The molecule has 0 unspecified atom stereocenters. The van der Waals surface area contributed by atoms with Gasteiger partial charge in [-0.25, -0.2) is 4.98 Å². The topological polar surface area (TPSA) is 98.0 Å². The van der Waals surface area contributed by atoms with E-state index in [1.54, 1.807) is 30.2 Å². The number of nitrogens with zero attached hydrogens (tertiary/aromatic N) is 4. The van der Waals surface area contributed by atoms with E-state index in [1.807, 2.05) is 36.9 Å². The van der Waals surface area contributed by atoms with Crippen molar-refractivity contribution in [1.29, 1.82) is 0 Å². The van der Waals surface area contributed by atoms with Gasteiger partial charge in [-0.3, -0.25) is 14.9 Å². The highest BCUT2D eigenvalue weighted by molar-refractivity contribution is 5.92. The van der Waals surface area contributed by atoms with Crippen molar-refractivity contribution in [2.45, 2.75) is 20.0 Å². The molecule has 1 amide bonds. The quantitative estimate of drug-likeness (QED) is 0.381. The lowest BCUT2D eigenvalue weighted by Crippen LogP contribution is -2.48. The second-order valence-corrected chi connectivity index (χ2v) is 7.35. The summed E-state index contributed by atoms with van der Waals surface area (Å²) in [5, 5.41) is 10.8. The van der Waals surface area contributed by atoms with Crippen LogP contribution in [0.5, 0.6) is 11.5 Å². The summed E-state index contributed by atoms with van der Waals surface area (Å²) < 4.78 is 11.1. The van der Waals surface area contributed by atoms with Crippen LogP contribution in [0.2, 0.25) is 0 Å². The molecule has 0 N–H and O–H groups in total. The second kappa shape index (κ2) is 9.92. The van der Waals surface area contributed by atoms with Crippen molar-refractivity contribution in [2.24, 2.45) is 0 Å². The van der Waals surface area contributed by atoms with Crippen LogP contribution in [0, 0.1) is 10.1 Å². The number of aromatic nitrogens is 1. The summed E-state index contributed by atoms with van der Waals surface area (Å²) in [5.41, 5.74) is 0.804. The maximum absolute atomic E-state index is 12.6. The molecule has 1 saturated heterocycles. The Labute approximate surface area is 181 Å². The van der Waals surface area contributed by atoms with Crippen molar-refractivity contribution in [3.8, 4) is 11.5 Å². The van der Waals surface area contributed by atoms with E-state index in [9.17, 15) is 14.9 Å². The first-order valence-corrected chi connectivity index (χ1v) is 10.0. The number of anilines is 1. The summed E-state index contributed by atoms with van der Waals surface area (Å²) in [6.07, 6.45) is 4.60. The van der Waals surface area contributed by atoms with Gasteiger partial charge in [-0.2, -0.15) is 0 Å². The van der Waals surface area contributed by atoms with Gasteiger partial charge in [-0.05, 0) is 43.7 Å². The SMILES string of the molecule is COc1cc(/C=C/C(=O)N2CCN(c3ccc([N+](=O)[O-])cn3)CC2)ccc1OC(C)C. The van der Waals surface area contributed by atoms with E-state index in [0.717, 1.165) is 5.56 Å². The van der Waals surface area contributed by atoms with Crippen LogP contribution in [0.15, 0.2) is 42.6 Å². The lowest BCUT2D eigenvalue weighted by molar-refractivity contribution is -0.385. The van der Waals surface area contributed by atoms with Gasteiger partial charge in [0.05, 0.1) is 18.1 Å². The van der Waals surface area contributed by atoms with Gasteiger partial charge < -0.3 is 19.3 Å². The van der Waals surface area contributed by atoms with E-state index >= 15 is 0 Å². The molecule has 0 atom stereocenters. The Hall–Kier alpha value is -3.62. The van der Waals surface area contributed by atoms with Crippen molar-refractivity contribution in [2.75, 3.05) is 38.2 Å². The van der Waals surface area contributed by atoms with E-state index < -0.39 is 4.92 Å². The minimum atomic E-state index is -0.472. The number of carbonyl (C=O) groups is 1. The highest BCUT2D eigenvalue weighted by Gasteiger charge is 2.21. The van der Waals surface area contributed by atoms with Gasteiger partial charge in [0, 0.05) is 38.3 Å². The van der Waals surface area contributed by atoms with Crippen LogP contribution in [0.25, 0.3) is 6.08 Å². The first-order chi connectivity index (χ1) is 14.9. The number of amides is 1. The van der Waals surface area contributed by atoms with Crippen LogP contribution in [0.1, 0.15) is 19.4 Å². The Kier molecular flexibility index (Phi) is 7.07. The molecule has 1 aliphatic heterocycles. The zero-order valence-electron chi connectivity index (χ0n) is 17.9. The van der Waals surface area contributed by atoms with Crippen molar-refractivity contribution in [3.63, 3.8) is 0 Å². The maximum Gasteiger partial charge on any atom is 0.287 e. The van der Waals surface area contributed by atoms with Crippen molar-refractivity contribution in [1.82, 2.24) is 9.88 Å². The second-order valence-electron chi connectivity index (χ2n) is 7.35. The number of rotatable bonds is 7. The molecule has 164 valence electrons. The number of carbonyl (C=O) groups excluding carboxylic acids is 1. The monoisotopic (exact) mass is 426 g/mol. The number of hydrogen-bond donors (Lipinski definition) is 0. The smallest absolute Gasteiger partial charge is 0.287 e. The van der Waals surface area contributed by atoms with E-state index in [2.05, 4.69) is 4.98 Å². The normalized spacial score (nSPS) is 14.2. The van der Waals surface area contributed by atoms with Crippen LogP contribution in [-0.4, -0.2) is 60.1 Å². The third kappa shape index (κ3) is 5.71. The molecular weight excluding hydrogens is 400 g/mol. The zero-order chi connectivity index (χ0) is 22.4. The predicted molar refractivity (Wildman–Crippen MR) is 117 cm³/mol. The molecule has 3 rings (SSSR count). The van der Waals surface area contributed by atoms with Crippen LogP contribution in [0.4, 0.5) is 11.5 Å². The third-order valence-electron chi connectivity index (χ3n) is 4.83. The fourth-order valence-corrected chi connectivity index (χ4v) is 3.24. The number of hydrogen-bond acceptors (Lipinski definition) is 7. The number of ether oxygens (including phenoxy) is 2. The van der Waals surface area contributed by atoms with Crippen molar-refractivity contribution in [3.05, 3.63) is 58.3 Å². The molecule has 0 spiro atoms. The molecule has 1 aromatic carbocycles. The molecule has 1 fully saturated rings. The molecule has 2 aromatic rings. The van der Waals surface area contributed by atoms with Gasteiger partial charge in [-0.1, -0.05) is 6.07 Å². The summed E-state index contributed by atoms with van der Waals surface area (Å²) >= 11 is 0. The number of benzene rings is 1. The molecule has 0 aliphatic carbocycles. The predicted octanol–water partition coefficient (Wildman–Crippen LogP) is 3.15. The average Bonchev–Trinajstić information content (AvgIpc) is 2.78. The van der Waals surface area contributed by atoms with E-state index in [4.69, 9.17) is 9.47 Å². The molecule has 9 nitrogen and oxygen atoms in total. The zero-order valence-corrected chi connectivity index (χ0v) is 17.9. The first kappa shape index (κ1) is 22.1. The van der Waals surface area contributed by atoms with Crippen LogP contribution >= 0.6 is 0 Å². The molecule has 31 heavy (non-hydrogen) atoms. The molecule has 0 saturated carbocycles. The van der Waals surface area contributed by atoms with Gasteiger partial charge in [0.15, 0.2) is 11.5 Å². The Morgan fingerprint density at radius 3 is 2.48 bits per heavy atom. The summed E-state index contributed by atoms with van der Waals surface area (Å²) in [6.45, 7) is 6.21. The molecular formula is C22H26N4O5. The van der Waals surface area contributed by atoms with Crippen LogP contribution in [0.3, 0.4) is 0 Å². The Morgan fingerprint density at radius 1 is 1.16 bits per heavy atom. The number of pyridine rings is 1. The Bertz CT molecular complexity index is 951. The molecule has 0 bridgehead atoms. The molecule has 1 aliphatic rings. The van der Waals surface area contributed by atoms with Gasteiger partial charge >= 0.3 is 0 Å². The highest BCUT2D eigenvalue weighted by Crippen LogP contribution is 2.29. The average molecular weight is 426 g/mol. The number of nitro groups is 1. The van der Waals surface area contributed by atoms with Crippen LogP contribution in [-0.2, 0) is 4.79 Å². The summed E-state index contributed by atoms with van der Waals surface area (Å²) in [4.78, 5) is 30.8. The number of piperazine rings is 1. The van der Waals surface area contributed by atoms with Gasteiger partial charge in [-0.15, -0.1) is 0 Å². The molecule has 2 heterocycles. The van der Waals surface area contributed by atoms with Crippen molar-refractivity contribution >= 4 is 23.5 Å². The van der Waals surface area contributed by atoms with E-state index in [1.165, 1.54) is 12.3 Å². The fourth-order valence-electron chi connectivity index (χ4n) is 3.24. The lowest BCUT2D eigenvalue weighted by Gasteiger charge is -2.34. The number of methoxy groups -OCH3 is 1. The fraction of sp³-hybridized carbons (Fsp3) is 0.364. The molecule has 0 radical (unpaired) electrons. The highest BCUT2D eigenvalue weighted by atomic mass is 16.6. The van der Waals surface area contributed by atoms with Gasteiger partial charge in [0.25, 0.3) is 5.69 Å². The maximum atomic E-state index is 12.6. The Balaban J connectivity index is 1.57. The lowest BCUT2D eigenvalue weighted by atomic mass is 10.1. The Morgan fingerprint density at radius 2 is 1.90 bits per heavy atom. The largest absolute Gasteiger partial charge is 0.493 e. The standard InChI is InChI=1S/C22H26N4O5/c1-16(2)31-19-7-4-17(14-20(19)30-3)5-9-22(27)25-12-10-24(11-13-25)21-8-6-18(15-23-21)26(28)29/h4-9,14-16H,10-13H2,1-3H3/b9-5+. The summed E-state index contributed by atoms with van der Waals surface area (Å²) in [7, 11) is 1.58. The van der Waals surface area contributed by atoms with Gasteiger partial charge in [0.2, 0.25) is 5.91 Å².